The molecule has 8 aromatic rings. The molecule has 0 saturated heterocycles. The molecule has 0 fully saturated rings. The first kappa shape index (κ1) is 31.5. The summed E-state index contributed by atoms with van der Waals surface area (Å²) in [6, 6.07) is 61.3. The summed E-state index contributed by atoms with van der Waals surface area (Å²) in [7, 11) is -3.02. The van der Waals surface area contributed by atoms with E-state index >= 15 is 0 Å². The van der Waals surface area contributed by atoms with Gasteiger partial charge in [0.05, 0.1) is 0 Å². The van der Waals surface area contributed by atoms with Crippen molar-refractivity contribution in [1.82, 2.24) is 0 Å². The molecule has 0 aliphatic carbocycles. The molecule has 0 radical (unpaired) electrons. The molecule has 0 aliphatic heterocycles. The molecule has 240 valence electrons. The fourth-order valence-electron chi connectivity index (χ4n) is 7.36. The molecule has 0 atom stereocenters. The Morgan fingerprint density at radius 2 is 0.800 bits per heavy atom. The Labute approximate surface area is 294 Å². The highest BCUT2D eigenvalue weighted by Gasteiger charge is 2.29. The van der Waals surface area contributed by atoms with Crippen molar-refractivity contribution in [2.75, 3.05) is 0 Å². The zero-order valence-electron chi connectivity index (χ0n) is 28.3. The molecule has 0 aliphatic rings. The van der Waals surface area contributed by atoms with Gasteiger partial charge in [0.2, 0.25) is 0 Å². The van der Waals surface area contributed by atoms with Crippen LogP contribution >= 0.6 is 7.14 Å². The molecule has 0 aromatic heterocycles. The summed E-state index contributed by atoms with van der Waals surface area (Å²) < 4.78 is 14.9. The Morgan fingerprint density at radius 3 is 1.26 bits per heavy atom. The molecule has 0 saturated carbocycles. The number of hydrogen-bond donors (Lipinski definition) is 0. The summed E-state index contributed by atoms with van der Waals surface area (Å²) in [4.78, 5) is 0. The second-order valence-electron chi connectivity index (χ2n) is 12.8. The first-order valence-corrected chi connectivity index (χ1v) is 18.9. The van der Waals surface area contributed by atoms with E-state index in [-0.39, 0.29) is 0 Å². The van der Waals surface area contributed by atoms with Crippen LogP contribution in [-0.2, 0) is 4.57 Å². The minimum Gasteiger partial charge on any atom is -0.309 e. The summed E-state index contributed by atoms with van der Waals surface area (Å²) in [6.07, 6.45) is 4.27. The minimum atomic E-state index is -3.02. The van der Waals surface area contributed by atoms with Crippen LogP contribution in [0.1, 0.15) is 18.1 Å². The number of aryl methyl sites for hydroxylation is 1. The Bertz CT molecular complexity index is 2450. The van der Waals surface area contributed by atoms with Gasteiger partial charge in [-0.2, -0.15) is 0 Å². The van der Waals surface area contributed by atoms with Crippen molar-refractivity contribution in [1.29, 1.82) is 0 Å². The zero-order valence-corrected chi connectivity index (χ0v) is 29.1. The number of fused-ring (bicyclic) bond motifs is 2. The number of benzene rings is 8. The van der Waals surface area contributed by atoms with Gasteiger partial charge in [0.25, 0.3) is 0 Å². The van der Waals surface area contributed by atoms with Gasteiger partial charge < -0.3 is 4.57 Å². The average Bonchev–Trinajstić information content (AvgIpc) is 3.18. The Kier molecular flexibility index (Phi) is 8.37. The van der Waals surface area contributed by atoms with Crippen molar-refractivity contribution < 1.29 is 4.57 Å². The Hall–Kier alpha value is -5.75. The molecule has 0 N–H and O–H groups in total. The molecular weight excluding hydrogens is 624 g/mol. The van der Waals surface area contributed by atoms with Crippen LogP contribution in [0.3, 0.4) is 0 Å². The lowest BCUT2D eigenvalue weighted by Gasteiger charge is -2.20. The molecule has 50 heavy (non-hydrogen) atoms. The maximum absolute atomic E-state index is 14.9. The summed E-state index contributed by atoms with van der Waals surface area (Å²) in [5, 5.41) is 7.50. The van der Waals surface area contributed by atoms with E-state index in [1.54, 1.807) is 0 Å². The van der Waals surface area contributed by atoms with E-state index in [1.165, 1.54) is 54.9 Å². The highest BCUT2D eigenvalue weighted by molar-refractivity contribution is 7.85. The predicted molar refractivity (Wildman–Crippen MR) is 217 cm³/mol. The van der Waals surface area contributed by atoms with E-state index in [4.69, 9.17) is 0 Å². The van der Waals surface area contributed by atoms with Crippen molar-refractivity contribution in [3.8, 4) is 33.4 Å². The maximum atomic E-state index is 14.9. The van der Waals surface area contributed by atoms with Crippen molar-refractivity contribution in [3.05, 3.63) is 193 Å². The molecule has 0 spiro atoms. The van der Waals surface area contributed by atoms with Gasteiger partial charge >= 0.3 is 0 Å². The first-order chi connectivity index (χ1) is 24.6. The van der Waals surface area contributed by atoms with Gasteiger partial charge in [0, 0.05) is 15.9 Å². The minimum absolute atomic E-state index is 0.833. The van der Waals surface area contributed by atoms with E-state index in [9.17, 15) is 4.57 Å². The molecule has 2 heteroatoms. The van der Waals surface area contributed by atoms with E-state index in [0.29, 0.717) is 0 Å². The van der Waals surface area contributed by atoms with Gasteiger partial charge in [-0.1, -0.05) is 188 Å². The van der Waals surface area contributed by atoms with Gasteiger partial charge in [-0.05, 0) is 79.9 Å². The lowest BCUT2D eigenvalue weighted by molar-refractivity contribution is 0.592. The Morgan fingerprint density at radius 1 is 0.420 bits per heavy atom. The van der Waals surface area contributed by atoms with E-state index in [1.807, 2.05) is 72.8 Å². The van der Waals surface area contributed by atoms with Crippen LogP contribution in [0, 0.1) is 6.92 Å². The summed E-state index contributed by atoms with van der Waals surface area (Å²) in [5.41, 5.74) is 9.67. The molecular formula is C48H37OP. The quantitative estimate of drug-likeness (QED) is 0.123. The van der Waals surface area contributed by atoms with Crippen molar-refractivity contribution >= 4 is 50.7 Å². The Balaban J connectivity index is 1.20. The highest BCUT2D eigenvalue weighted by atomic mass is 31.2. The third-order valence-corrected chi connectivity index (χ3v) is 12.9. The zero-order chi connectivity index (χ0) is 34.1. The number of allylic oxidation sites excluding steroid dienone is 1. The van der Waals surface area contributed by atoms with E-state index < -0.39 is 7.14 Å². The SMILES string of the molecule is C/C=C\c1ccc(-c2c3ccccc3c(-c3ccc(-c4ccc(P(=O)(c5ccccc5)c5ccccc5)cc4)cc3)c3ccccc23)cc1C. The predicted octanol–water partition coefficient (Wildman–Crippen LogP) is 12.0. The molecule has 1 nitrogen and oxygen atoms in total. The first-order valence-electron chi connectivity index (χ1n) is 17.2. The molecule has 8 aromatic carbocycles. The highest BCUT2D eigenvalue weighted by Crippen LogP contribution is 2.45. The van der Waals surface area contributed by atoms with Crippen LogP contribution in [0.2, 0.25) is 0 Å². The monoisotopic (exact) mass is 660 g/mol. The van der Waals surface area contributed by atoms with Crippen LogP contribution in [0.5, 0.6) is 0 Å². The molecule has 0 amide bonds. The molecule has 0 unspecified atom stereocenters. The number of hydrogen-bond acceptors (Lipinski definition) is 1. The van der Waals surface area contributed by atoms with Gasteiger partial charge in [-0.3, -0.25) is 0 Å². The third-order valence-electron chi connectivity index (χ3n) is 9.81. The average molecular weight is 661 g/mol. The van der Waals surface area contributed by atoms with Crippen molar-refractivity contribution in [2.45, 2.75) is 13.8 Å². The van der Waals surface area contributed by atoms with Crippen LogP contribution in [-0.4, -0.2) is 0 Å². The lowest BCUT2D eigenvalue weighted by Crippen LogP contribution is -2.24. The summed E-state index contributed by atoms with van der Waals surface area (Å²) in [5.74, 6) is 0. The van der Waals surface area contributed by atoms with Gasteiger partial charge in [-0.25, -0.2) is 0 Å². The summed E-state index contributed by atoms with van der Waals surface area (Å²) >= 11 is 0. The lowest BCUT2D eigenvalue weighted by atomic mass is 9.85. The fraction of sp³-hybridized carbons (Fsp3) is 0.0417. The fourth-order valence-corrected chi connectivity index (χ4v) is 10.0. The number of rotatable bonds is 7. The molecule has 0 bridgehead atoms. The third kappa shape index (κ3) is 5.51. The van der Waals surface area contributed by atoms with E-state index in [0.717, 1.165) is 27.0 Å². The maximum Gasteiger partial charge on any atom is 0.171 e. The smallest absolute Gasteiger partial charge is 0.171 e. The van der Waals surface area contributed by atoms with Crippen molar-refractivity contribution in [2.24, 2.45) is 0 Å². The van der Waals surface area contributed by atoms with Crippen LogP contribution in [0.4, 0.5) is 0 Å². The normalized spacial score (nSPS) is 11.8. The topological polar surface area (TPSA) is 17.1 Å². The standard InChI is InChI=1S/C48H37OP/c1-3-14-35-23-28-39(33-34(35)2)48-45-21-12-10-19-43(45)47(44-20-11-13-22-46(44)48)38-26-24-36(25-27-38)37-29-31-42(32-30-37)50(49,40-15-6-4-7-16-40)41-17-8-5-9-18-41/h3-33H,1-2H3/b14-3-. The van der Waals surface area contributed by atoms with Gasteiger partial charge in [-0.15, -0.1) is 0 Å². The van der Waals surface area contributed by atoms with Gasteiger partial charge in [0.15, 0.2) is 7.14 Å². The van der Waals surface area contributed by atoms with Crippen molar-refractivity contribution in [3.63, 3.8) is 0 Å². The molecule has 8 rings (SSSR count). The van der Waals surface area contributed by atoms with Crippen LogP contribution in [0.15, 0.2) is 182 Å². The largest absolute Gasteiger partial charge is 0.309 e. The van der Waals surface area contributed by atoms with Crippen LogP contribution < -0.4 is 15.9 Å². The molecule has 0 heterocycles. The van der Waals surface area contributed by atoms with E-state index in [2.05, 4.69) is 129 Å². The summed E-state index contributed by atoms with van der Waals surface area (Å²) in [6.45, 7) is 4.26. The van der Waals surface area contributed by atoms with Crippen LogP contribution in [0.25, 0.3) is 61.0 Å². The van der Waals surface area contributed by atoms with Gasteiger partial charge in [0.1, 0.15) is 0 Å². The second-order valence-corrected chi connectivity index (χ2v) is 15.6. The second kappa shape index (κ2) is 13.3.